The summed E-state index contributed by atoms with van der Waals surface area (Å²) in [5.41, 5.74) is 3.12. The van der Waals surface area contributed by atoms with Crippen molar-refractivity contribution in [1.29, 1.82) is 0 Å². The SMILES string of the molecule is CSc1cc(C)[nH]c(=O)c1CNC(=O)c1cc(Cl)c2c(c1C)OC(C)(C1CCC(c3cn[nH]n3)CC1)O2. The number of ether oxygens (including phenoxy) is 2. The molecule has 1 atom stereocenters. The zero-order valence-corrected chi connectivity index (χ0v) is 22.8. The van der Waals surface area contributed by atoms with Gasteiger partial charge in [-0.3, -0.25) is 9.59 Å². The molecule has 1 aliphatic heterocycles. The average Bonchev–Trinajstić information content (AvgIpc) is 3.54. The zero-order chi connectivity index (χ0) is 26.3. The second kappa shape index (κ2) is 10.1. The highest BCUT2D eigenvalue weighted by atomic mass is 35.5. The molecule has 0 spiro atoms. The molecule has 11 heteroatoms. The first-order chi connectivity index (χ1) is 17.7. The third-order valence-corrected chi connectivity index (χ3v) is 8.57. The molecule has 1 amide bonds. The number of nitrogens with zero attached hydrogens (tertiary/aromatic N) is 2. The van der Waals surface area contributed by atoms with Gasteiger partial charge in [0, 0.05) is 52.6 Å². The van der Waals surface area contributed by atoms with Gasteiger partial charge in [0.2, 0.25) is 0 Å². The molecule has 1 aliphatic carbocycles. The van der Waals surface area contributed by atoms with Crippen LogP contribution in [0.25, 0.3) is 0 Å². The van der Waals surface area contributed by atoms with Crippen molar-refractivity contribution in [2.75, 3.05) is 6.26 Å². The molecular weight excluding hydrogens is 514 g/mol. The van der Waals surface area contributed by atoms with Gasteiger partial charge in [-0.2, -0.15) is 15.4 Å². The van der Waals surface area contributed by atoms with Crippen LogP contribution in [0.1, 0.15) is 71.4 Å². The van der Waals surface area contributed by atoms with Crippen molar-refractivity contribution in [2.45, 2.75) is 69.6 Å². The topological polar surface area (TPSA) is 122 Å². The Morgan fingerprint density at radius 3 is 2.62 bits per heavy atom. The maximum Gasteiger partial charge on any atom is 0.254 e. The van der Waals surface area contributed by atoms with Crippen LogP contribution in [-0.2, 0) is 6.54 Å². The lowest BCUT2D eigenvalue weighted by atomic mass is 9.77. The van der Waals surface area contributed by atoms with Crippen LogP contribution in [-0.4, -0.2) is 38.3 Å². The van der Waals surface area contributed by atoms with E-state index in [-0.39, 0.29) is 23.9 Å². The normalized spacial score (nSPS) is 22.7. The van der Waals surface area contributed by atoms with E-state index in [1.54, 1.807) is 12.3 Å². The van der Waals surface area contributed by atoms with E-state index in [2.05, 4.69) is 25.7 Å². The summed E-state index contributed by atoms with van der Waals surface area (Å²) in [4.78, 5) is 29.3. The number of aromatic amines is 2. The largest absolute Gasteiger partial charge is 0.448 e. The van der Waals surface area contributed by atoms with E-state index < -0.39 is 5.79 Å². The number of pyridine rings is 1. The van der Waals surface area contributed by atoms with Gasteiger partial charge in [-0.1, -0.05) is 11.6 Å². The van der Waals surface area contributed by atoms with E-state index in [9.17, 15) is 9.59 Å². The Kier molecular flexibility index (Phi) is 6.97. The number of thioether (sulfide) groups is 1. The van der Waals surface area contributed by atoms with Gasteiger partial charge in [-0.25, -0.2) is 0 Å². The van der Waals surface area contributed by atoms with E-state index in [1.807, 2.05) is 33.1 Å². The first-order valence-electron chi connectivity index (χ1n) is 12.3. The fourth-order valence-corrected chi connectivity index (χ4v) is 6.31. The number of halogens is 1. The van der Waals surface area contributed by atoms with E-state index >= 15 is 0 Å². The van der Waals surface area contributed by atoms with Gasteiger partial charge in [0.1, 0.15) is 0 Å². The molecular formula is C26H30ClN5O4S. The monoisotopic (exact) mass is 543 g/mol. The Morgan fingerprint density at radius 1 is 1.22 bits per heavy atom. The predicted molar refractivity (Wildman–Crippen MR) is 142 cm³/mol. The first kappa shape index (κ1) is 25.7. The Labute approximate surface area is 224 Å². The van der Waals surface area contributed by atoms with Gasteiger partial charge in [0.25, 0.3) is 17.3 Å². The van der Waals surface area contributed by atoms with E-state index in [0.29, 0.717) is 39.1 Å². The van der Waals surface area contributed by atoms with Crippen molar-refractivity contribution in [1.82, 2.24) is 25.7 Å². The molecule has 0 saturated heterocycles. The summed E-state index contributed by atoms with van der Waals surface area (Å²) >= 11 is 8.06. The first-order valence-corrected chi connectivity index (χ1v) is 13.9. The number of fused-ring (bicyclic) bond motifs is 1. The van der Waals surface area contributed by atoms with E-state index in [0.717, 1.165) is 42.0 Å². The smallest absolute Gasteiger partial charge is 0.254 e. The van der Waals surface area contributed by atoms with Crippen LogP contribution in [0.3, 0.4) is 0 Å². The number of H-pyrrole nitrogens is 2. The highest BCUT2D eigenvalue weighted by Gasteiger charge is 2.47. The third-order valence-electron chi connectivity index (χ3n) is 7.49. The average molecular weight is 544 g/mol. The van der Waals surface area contributed by atoms with Crippen molar-refractivity contribution < 1.29 is 14.3 Å². The van der Waals surface area contributed by atoms with Crippen molar-refractivity contribution in [2.24, 2.45) is 5.92 Å². The van der Waals surface area contributed by atoms with Crippen molar-refractivity contribution in [3.63, 3.8) is 0 Å². The van der Waals surface area contributed by atoms with Crippen LogP contribution < -0.4 is 20.3 Å². The molecule has 1 aromatic carbocycles. The second-order valence-electron chi connectivity index (χ2n) is 9.86. The molecule has 3 N–H and O–H groups in total. The molecule has 0 radical (unpaired) electrons. The molecule has 2 aliphatic rings. The fraction of sp³-hybridized carbons (Fsp3) is 0.462. The van der Waals surface area contributed by atoms with Crippen molar-refractivity contribution >= 4 is 29.3 Å². The van der Waals surface area contributed by atoms with Crippen LogP contribution in [0, 0.1) is 19.8 Å². The summed E-state index contributed by atoms with van der Waals surface area (Å²) in [6, 6.07) is 3.51. The summed E-state index contributed by atoms with van der Waals surface area (Å²) < 4.78 is 12.7. The Bertz CT molecular complexity index is 1380. The Hall–Kier alpha value is -2.98. The fourth-order valence-electron chi connectivity index (χ4n) is 5.37. The maximum atomic E-state index is 13.2. The minimum atomic E-state index is -0.872. The molecule has 5 rings (SSSR count). The number of nitrogens with one attached hydrogen (secondary N) is 3. The zero-order valence-electron chi connectivity index (χ0n) is 21.2. The minimum absolute atomic E-state index is 0.0998. The molecule has 9 nitrogen and oxygen atoms in total. The summed E-state index contributed by atoms with van der Waals surface area (Å²) in [7, 11) is 0. The molecule has 1 unspecified atom stereocenters. The number of aromatic nitrogens is 4. The van der Waals surface area contributed by atoms with Crippen LogP contribution in [0.15, 0.2) is 28.0 Å². The number of aryl methyl sites for hydroxylation is 1. The highest BCUT2D eigenvalue weighted by Crippen LogP contribution is 2.52. The third kappa shape index (κ3) is 4.84. The molecule has 2 aromatic heterocycles. The Morgan fingerprint density at radius 2 is 1.95 bits per heavy atom. The summed E-state index contributed by atoms with van der Waals surface area (Å²) in [6.07, 6.45) is 7.44. The van der Waals surface area contributed by atoms with Crippen LogP contribution in [0.2, 0.25) is 5.02 Å². The van der Waals surface area contributed by atoms with Crippen molar-refractivity contribution in [3.8, 4) is 11.5 Å². The summed E-state index contributed by atoms with van der Waals surface area (Å²) in [5, 5.41) is 14.1. The quantitative estimate of drug-likeness (QED) is 0.379. The summed E-state index contributed by atoms with van der Waals surface area (Å²) in [5.74, 6) is 0.292. The van der Waals surface area contributed by atoms with Gasteiger partial charge >= 0.3 is 0 Å². The lowest BCUT2D eigenvalue weighted by Gasteiger charge is -2.36. The molecule has 1 fully saturated rings. The summed E-state index contributed by atoms with van der Waals surface area (Å²) in [6.45, 7) is 5.70. The second-order valence-corrected chi connectivity index (χ2v) is 11.1. The van der Waals surface area contributed by atoms with E-state index in [1.165, 1.54) is 11.8 Å². The predicted octanol–water partition coefficient (Wildman–Crippen LogP) is 4.88. The number of benzene rings is 1. The van der Waals surface area contributed by atoms with Crippen LogP contribution >= 0.6 is 23.4 Å². The molecule has 3 heterocycles. The lowest BCUT2D eigenvalue weighted by molar-refractivity contribution is -0.121. The van der Waals surface area contributed by atoms with Gasteiger partial charge in [-0.15, -0.1) is 11.8 Å². The van der Waals surface area contributed by atoms with E-state index in [4.69, 9.17) is 21.1 Å². The lowest BCUT2D eigenvalue weighted by Crippen LogP contribution is -2.44. The van der Waals surface area contributed by atoms with Gasteiger partial charge in [0.05, 0.1) is 16.9 Å². The minimum Gasteiger partial charge on any atom is -0.448 e. The molecule has 1 saturated carbocycles. The number of hydrogen-bond donors (Lipinski definition) is 3. The molecule has 0 bridgehead atoms. The number of hydrogen-bond acceptors (Lipinski definition) is 7. The molecule has 196 valence electrons. The van der Waals surface area contributed by atoms with Gasteiger partial charge in [-0.05, 0) is 57.9 Å². The van der Waals surface area contributed by atoms with Crippen molar-refractivity contribution in [3.05, 3.63) is 61.8 Å². The highest BCUT2D eigenvalue weighted by molar-refractivity contribution is 7.98. The Balaban J connectivity index is 1.31. The number of carbonyl (C=O) groups is 1. The van der Waals surface area contributed by atoms with Crippen LogP contribution in [0.4, 0.5) is 0 Å². The van der Waals surface area contributed by atoms with Gasteiger partial charge < -0.3 is 19.8 Å². The number of carbonyl (C=O) groups excluding carboxylic acids is 1. The maximum absolute atomic E-state index is 13.2. The number of rotatable bonds is 6. The van der Waals surface area contributed by atoms with Gasteiger partial charge in [0.15, 0.2) is 11.5 Å². The number of amides is 1. The van der Waals surface area contributed by atoms with Crippen LogP contribution in [0.5, 0.6) is 11.5 Å². The molecule has 3 aromatic rings. The molecule has 37 heavy (non-hydrogen) atoms. The standard InChI is InChI=1S/C26H30ClN5O4S/c1-13-9-21(37-4)18(25(34)30-13)11-28-24(33)17-10-19(27)23-22(14(17)2)35-26(3,36-23)16-7-5-15(6-8-16)20-12-29-32-31-20/h9-10,12,15-16H,5-8,11H2,1-4H3,(H,28,33)(H,30,34)(H,29,31,32).